The van der Waals surface area contributed by atoms with E-state index < -0.39 is 0 Å². The molecule has 0 saturated carbocycles. The molecule has 78 valence electrons. The number of benzene rings is 1. The number of nitrogens with one attached hydrogen (secondary N) is 1. The Bertz CT molecular complexity index is 650. The van der Waals surface area contributed by atoms with Gasteiger partial charge in [0, 0.05) is 29.8 Å². The van der Waals surface area contributed by atoms with Crippen LogP contribution in [0.2, 0.25) is 0 Å². The third kappa shape index (κ3) is 0.973. The molecule has 1 aromatic carbocycles. The molecule has 1 fully saturated rings. The Morgan fingerprint density at radius 1 is 1.25 bits per heavy atom. The van der Waals surface area contributed by atoms with Crippen LogP contribution in [0.1, 0.15) is 0 Å². The van der Waals surface area contributed by atoms with E-state index in [0.717, 1.165) is 18.4 Å². The summed E-state index contributed by atoms with van der Waals surface area (Å²) in [5, 5.41) is 5.83. The van der Waals surface area contributed by atoms with E-state index in [1.807, 2.05) is 0 Å². The molecule has 1 aromatic rings. The lowest BCUT2D eigenvalue weighted by atomic mass is 9.91. The summed E-state index contributed by atoms with van der Waals surface area (Å²) in [7, 11) is 0. The molecule has 2 heteroatoms. The Balaban J connectivity index is 2.11. The molecule has 1 saturated heterocycles. The van der Waals surface area contributed by atoms with Gasteiger partial charge < -0.3 is 5.32 Å². The van der Waals surface area contributed by atoms with Gasteiger partial charge >= 0.3 is 0 Å². The summed E-state index contributed by atoms with van der Waals surface area (Å²) in [5.41, 5.74) is 4.00. The monoisotopic (exact) mass is 208 g/mol. The van der Waals surface area contributed by atoms with Gasteiger partial charge in [-0.15, -0.1) is 0 Å². The largest absolute Gasteiger partial charge is 0.312 e. The molecule has 4 rings (SSSR count). The van der Waals surface area contributed by atoms with E-state index in [1.165, 1.54) is 22.1 Å². The number of hydrogen-bond acceptors (Lipinski definition) is 2. The molecule has 2 heterocycles. The van der Waals surface area contributed by atoms with Gasteiger partial charge in [0.15, 0.2) is 0 Å². The molecule has 1 N–H and O–H groups in total. The van der Waals surface area contributed by atoms with Gasteiger partial charge in [-0.05, 0) is 11.6 Å². The van der Waals surface area contributed by atoms with E-state index >= 15 is 0 Å². The zero-order chi connectivity index (χ0) is 10.5. The number of para-hydroxylation sites is 1. The Labute approximate surface area is 93.7 Å². The van der Waals surface area contributed by atoms with Gasteiger partial charge in [-0.3, -0.25) is 0 Å². The second-order valence-electron chi connectivity index (χ2n) is 4.51. The third-order valence-corrected chi connectivity index (χ3v) is 3.61. The fourth-order valence-corrected chi connectivity index (χ4v) is 2.79. The van der Waals surface area contributed by atoms with E-state index in [9.17, 15) is 0 Å². The molecule has 16 heavy (non-hydrogen) atoms. The summed E-state index contributed by atoms with van der Waals surface area (Å²) in [6.07, 6.45) is 4.55. The zero-order valence-corrected chi connectivity index (χ0v) is 8.90. The van der Waals surface area contributed by atoms with E-state index in [-0.39, 0.29) is 0 Å². The minimum absolute atomic E-state index is 0.566. The normalized spacial score (nSPS) is 25.2. The lowest BCUT2D eigenvalue weighted by Crippen LogP contribution is -2.21. The highest BCUT2D eigenvalue weighted by Gasteiger charge is 2.27. The van der Waals surface area contributed by atoms with Gasteiger partial charge in [0.2, 0.25) is 0 Å². The average Bonchev–Trinajstić information content (AvgIpc) is 2.92. The first-order valence-electron chi connectivity index (χ1n) is 5.74. The van der Waals surface area contributed by atoms with Crippen LogP contribution >= 0.6 is 0 Å². The van der Waals surface area contributed by atoms with Gasteiger partial charge in [-0.25, -0.2) is 4.99 Å². The summed E-state index contributed by atoms with van der Waals surface area (Å²) < 4.78 is 0. The third-order valence-electron chi connectivity index (χ3n) is 3.61. The van der Waals surface area contributed by atoms with Crippen LogP contribution in [0.5, 0.6) is 0 Å². The Kier molecular flexibility index (Phi) is 1.55. The van der Waals surface area contributed by atoms with Crippen LogP contribution in [-0.2, 0) is 0 Å². The number of nitrogens with zero attached hydrogens (tertiary/aromatic N) is 1. The quantitative estimate of drug-likeness (QED) is 0.660. The van der Waals surface area contributed by atoms with E-state index in [4.69, 9.17) is 4.99 Å². The van der Waals surface area contributed by atoms with Crippen molar-refractivity contribution in [1.29, 1.82) is 0 Å². The van der Waals surface area contributed by atoms with Gasteiger partial charge in [0.25, 0.3) is 0 Å². The Morgan fingerprint density at radius 2 is 2.19 bits per heavy atom. The lowest BCUT2D eigenvalue weighted by Gasteiger charge is -2.14. The molecule has 0 aromatic heterocycles. The highest BCUT2D eigenvalue weighted by atomic mass is 14.9. The molecule has 1 atom stereocenters. The first-order valence-corrected chi connectivity index (χ1v) is 5.74. The highest BCUT2D eigenvalue weighted by Crippen LogP contribution is 2.32. The fourth-order valence-electron chi connectivity index (χ4n) is 2.79. The van der Waals surface area contributed by atoms with Crippen LogP contribution in [0.4, 0.5) is 0 Å². The lowest BCUT2D eigenvalue weighted by molar-refractivity contribution is 0.775. The Hall–Kier alpha value is -1.67. The van der Waals surface area contributed by atoms with Crippen molar-refractivity contribution in [3.8, 4) is 0 Å². The molecule has 0 spiro atoms. The molecule has 2 aliphatic heterocycles. The van der Waals surface area contributed by atoms with Gasteiger partial charge in [0.05, 0.1) is 11.1 Å². The minimum Gasteiger partial charge on any atom is -0.312 e. The van der Waals surface area contributed by atoms with Crippen molar-refractivity contribution >= 4 is 5.57 Å². The second kappa shape index (κ2) is 2.92. The van der Waals surface area contributed by atoms with Crippen LogP contribution in [-0.4, -0.2) is 13.1 Å². The SMILES string of the molecule is C1=CC2CNCC2=C2N=c3ccccc3=C12. The summed E-state index contributed by atoms with van der Waals surface area (Å²) in [6.45, 7) is 2.06. The maximum atomic E-state index is 4.77. The molecule has 2 nitrogen and oxygen atoms in total. The van der Waals surface area contributed by atoms with Crippen molar-refractivity contribution in [2.75, 3.05) is 13.1 Å². The highest BCUT2D eigenvalue weighted by molar-refractivity contribution is 5.77. The summed E-state index contributed by atoms with van der Waals surface area (Å²) >= 11 is 0. The van der Waals surface area contributed by atoms with E-state index in [2.05, 4.69) is 41.7 Å². The van der Waals surface area contributed by atoms with Crippen molar-refractivity contribution in [2.24, 2.45) is 10.9 Å². The van der Waals surface area contributed by atoms with Crippen LogP contribution < -0.4 is 15.9 Å². The predicted octanol–water partition coefficient (Wildman–Crippen LogP) is 0.514. The van der Waals surface area contributed by atoms with E-state index in [1.54, 1.807) is 0 Å². The van der Waals surface area contributed by atoms with Crippen molar-refractivity contribution in [3.05, 3.63) is 58.3 Å². The summed E-state index contributed by atoms with van der Waals surface area (Å²) in [5.74, 6) is 0.566. The fraction of sp³-hybridized carbons (Fsp3) is 0.214. The second-order valence-corrected chi connectivity index (χ2v) is 4.51. The summed E-state index contributed by atoms with van der Waals surface area (Å²) in [4.78, 5) is 4.77. The van der Waals surface area contributed by atoms with Crippen LogP contribution in [0.15, 0.2) is 52.7 Å². The Morgan fingerprint density at radius 3 is 3.19 bits per heavy atom. The summed E-state index contributed by atoms with van der Waals surface area (Å²) in [6, 6.07) is 8.40. The molecular formula is C14H12N2. The van der Waals surface area contributed by atoms with Crippen LogP contribution in [0, 0.1) is 5.92 Å². The standard InChI is InChI=1S/C14H12N2/c1-2-4-13-10(3-1)11-6-5-9-7-15-8-12(9)14(11)16-13/h1-6,9,15H,7-8H2. The van der Waals surface area contributed by atoms with Crippen molar-refractivity contribution < 1.29 is 0 Å². The molecule has 3 aliphatic rings. The molecule has 0 radical (unpaired) electrons. The molecule has 0 bridgehead atoms. The number of allylic oxidation sites excluding steroid dienone is 1. The van der Waals surface area contributed by atoms with Crippen LogP contribution in [0.3, 0.4) is 0 Å². The van der Waals surface area contributed by atoms with Gasteiger partial charge in [0.1, 0.15) is 0 Å². The molecular weight excluding hydrogens is 196 g/mol. The predicted molar refractivity (Wildman–Crippen MR) is 63.2 cm³/mol. The van der Waals surface area contributed by atoms with Crippen molar-refractivity contribution in [2.45, 2.75) is 0 Å². The number of rotatable bonds is 0. The average molecular weight is 208 g/mol. The van der Waals surface area contributed by atoms with Crippen LogP contribution in [0.25, 0.3) is 5.57 Å². The maximum absolute atomic E-state index is 4.77. The smallest absolute Gasteiger partial charge is 0.0727 e. The first-order chi connectivity index (χ1) is 7.93. The molecule has 0 amide bonds. The van der Waals surface area contributed by atoms with Crippen molar-refractivity contribution in [1.82, 2.24) is 5.32 Å². The zero-order valence-electron chi connectivity index (χ0n) is 8.90. The first kappa shape index (κ1) is 8.48. The minimum atomic E-state index is 0.566. The topological polar surface area (TPSA) is 24.4 Å². The van der Waals surface area contributed by atoms with Crippen molar-refractivity contribution in [3.63, 3.8) is 0 Å². The van der Waals surface area contributed by atoms with Gasteiger partial charge in [-0.2, -0.15) is 0 Å². The van der Waals surface area contributed by atoms with Gasteiger partial charge in [-0.1, -0.05) is 30.4 Å². The molecule has 1 unspecified atom stereocenters. The number of hydrogen-bond donors (Lipinski definition) is 1. The molecule has 1 aliphatic carbocycles. The number of fused-ring (bicyclic) bond motifs is 3. The maximum Gasteiger partial charge on any atom is 0.0727 e. The van der Waals surface area contributed by atoms with E-state index in [0.29, 0.717) is 5.92 Å².